The van der Waals surface area contributed by atoms with Crippen LogP contribution in [0.25, 0.3) is 0 Å². The van der Waals surface area contributed by atoms with Gasteiger partial charge in [0.15, 0.2) is 23.1 Å². The Labute approximate surface area is 142 Å². The van der Waals surface area contributed by atoms with Gasteiger partial charge in [-0.3, -0.25) is 4.79 Å². The van der Waals surface area contributed by atoms with Gasteiger partial charge in [0.1, 0.15) is 0 Å². The molecule has 24 heavy (non-hydrogen) atoms. The maximum Gasteiger partial charge on any atom is 0.232 e. The zero-order valence-corrected chi connectivity index (χ0v) is 13.7. The molecule has 7 heteroatoms. The first-order chi connectivity index (χ1) is 11.5. The highest BCUT2D eigenvalue weighted by molar-refractivity contribution is 8.00. The molecule has 0 saturated carbocycles. The van der Waals surface area contributed by atoms with Crippen LogP contribution in [0.1, 0.15) is 5.56 Å². The maximum absolute atomic E-state index is 13.2. The van der Waals surface area contributed by atoms with Gasteiger partial charge in [-0.1, -0.05) is 6.07 Å². The van der Waals surface area contributed by atoms with E-state index >= 15 is 0 Å². The van der Waals surface area contributed by atoms with Gasteiger partial charge in [-0.15, -0.1) is 11.8 Å². The summed E-state index contributed by atoms with van der Waals surface area (Å²) < 4.78 is 36.6. The lowest BCUT2D eigenvalue weighted by atomic mass is 10.2. The van der Waals surface area contributed by atoms with Crippen molar-refractivity contribution in [2.45, 2.75) is 11.4 Å². The molecular weight excluding hydrogens is 336 g/mol. The predicted octanol–water partition coefficient (Wildman–Crippen LogP) is 3.44. The van der Waals surface area contributed by atoms with Crippen LogP contribution in [0, 0.1) is 11.6 Å². The van der Waals surface area contributed by atoms with Gasteiger partial charge in [0.05, 0.1) is 5.75 Å². The smallest absolute Gasteiger partial charge is 0.232 e. The van der Waals surface area contributed by atoms with Crippen LogP contribution in [0.15, 0.2) is 41.3 Å². The molecule has 3 rings (SSSR count). The number of hydrogen-bond donors (Lipinski definition) is 0. The van der Waals surface area contributed by atoms with Crippen molar-refractivity contribution in [1.82, 2.24) is 4.90 Å². The van der Waals surface area contributed by atoms with Gasteiger partial charge in [0, 0.05) is 18.5 Å². The van der Waals surface area contributed by atoms with E-state index in [1.807, 2.05) is 18.2 Å². The molecule has 0 saturated heterocycles. The number of amides is 1. The monoisotopic (exact) mass is 351 g/mol. The molecule has 1 aliphatic heterocycles. The third kappa shape index (κ3) is 3.79. The normalized spacial score (nSPS) is 12.3. The fourth-order valence-electron chi connectivity index (χ4n) is 2.22. The Morgan fingerprint density at radius 2 is 1.92 bits per heavy atom. The summed E-state index contributed by atoms with van der Waals surface area (Å²) in [6, 6.07) is 9.12. The van der Waals surface area contributed by atoms with E-state index in [1.165, 1.54) is 17.8 Å². The van der Waals surface area contributed by atoms with Gasteiger partial charge in [-0.2, -0.15) is 0 Å². The third-order valence-electron chi connectivity index (χ3n) is 3.54. The van der Waals surface area contributed by atoms with E-state index < -0.39 is 11.6 Å². The minimum atomic E-state index is -0.916. The van der Waals surface area contributed by atoms with Crippen LogP contribution >= 0.6 is 11.8 Å². The average Bonchev–Trinajstić information content (AvgIpc) is 3.03. The summed E-state index contributed by atoms with van der Waals surface area (Å²) in [6.45, 7) is 0.631. The Bertz CT molecular complexity index is 769. The van der Waals surface area contributed by atoms with Gasteiger partial charge < -0.3 is 14.4 Å². The third-order valence-corrected chi connectivity index (χ3v) is 4.51. The number of benzene rings is 2. The molecule has 4 nitrogen and oxygen atoms in total. The van der Waals surface area contributed by atoms with Crippen LogP contribution in [0.4, 0.5) is 8.78 Å². The summed E-state index contributed by atoms with van der Waals surface area (Å²) in [5.41, 5.74) is 0.924. The van der Waals surface area contributed by atoms with Crippen molar-refractivity contribution in [1.29, 1.82) is 0 Å². The Morgan fingerprint density at radius 3 is 2.71 bits per heavy atom. The average molecular weight is 351 g/mol. The SMILES string of the molecule is CN(Cc1ccc2c(c1)OCO2)C(=O)CSc1ccc(F)c(F)c1. The Morgan fingerprint density at radius 1 is 1.12 bits per heavy atom. The quantitative estimate of drug-likeness (QED) is 0.774. The second-order valence-electron chi connectivity index (χ2n) is 5.30. The van der Waals surface area contributed by atoms with Crippen molar-refractivity contribution in [3.05, 3.63) is 53.6 Å². The van der Waals surface area contributed by atoms with Crippen LogP contribution in [-0.4, -0.2) is 30.4 Å². The van der Waals surface area contributed by atoms with E-state index in [2.05, 4.69) is 0 Å². The highest BCUT2D eigenvalue weighted by atomic mass is 32.2. The van der Waals surface area contributed by atoms with E-state index in [-0.39, 0.29) is 18.5 Å². The molecule has 0 radical (unpaired) electrons. The van der Waals surface area contributed by atoms with E-state index in [9.17, 15) is 13.6 Å². The lowest BCUT2D eigenvalue weighted by molar-refractivity contribution is -0.127. The summed E-state index contributed by atoms with van der Waals surface area (Å²) in [5, 5.41) is 0. The summed E-state index contributed by atoms with van der Waals surface area (Å²) >= 11 is 1.17. The molecule has 0 bridgehead atoms. The number of fused-ring (bicyclic) bond motifs is 1. The largest absolute Gasteiger partial charge is 0.454 e. The summed E-state index contributed by atoms with van der Waals surface area (Å²) in [5.74, 6) is -0.410. The van der Waals surface area contributed by atoms with E-state index in [4.69, 9.17) is 9.47 Å². The number of nitrogens with zero attached hydrogens (tertiary/aromatic N) is 1. The second kappa shape index (κ2) is 7.09. The summed E-state index contributed by atoms with van der Waals surface area (Å²) in [7, 11) is 1.69. The van der Waals surface area contributed by atoms with Crippen LogP contribution < -0.4 is 9.47 Å². The molecule has 0 aromatic heterocycles. The maximum atomic E-state index is 13.2. The number of carbonyl (C=O) groups excluding carboxylic acids is 1. The zero-order valence-electron chi connectivity index (χ0n) is 12.9. The fourth-order valence-corrected chi connectivity index (χ4v) is 3.08. The van der Waals surface area contributed by atoms with Crippen molar-refractivity contribution in [3.63, 3.8) is 0 Å². The number of thioether (sulfide) groups is 1. The Kier molecular flexibility index (Phi) is 4.89. The van der Waals surface area contributed by atoms with Crippen LogP contribution in [0.5, 0.6) is 11.5 Å². The van der Waals surface area contributed by atoms with Crippen molar-refractivity contribution in [2.75, 3.05) is 19.6 Å². The first kappa shape index (κ1) is 16.6. The van der Waals surface area contributed by atoms with Crippen molar-refractivity contribution in [2.24, 2.45) is 0 Å². The van der Waals surface area contributed by atoms with Crippen molar-refractivity contribution in [3.8, 4) is 11.5 Å². The van der Waals surface area contributed by atoms with E-state index in [1.54, 1.807) is 11.9 Å². The number of ether oxygens (including phenoxy) is 2. The molecule has 1 heterocycles. The van der Waals surface area contributed by atoms with Crippen LogP contribution in [-0.2, 0) is 11.3 Å². The second-order valence-corrected chi connectivity index (χ2v) is 6.35. The minimum Gasteiger partial charge on any atom is -0.454 e. The van der Waals surface area contributed by atoms with Crippen LogP contribution in [0.3, 0.4) is 0 Å². The van der Waals surface area contributed by atoms with Gasteiger partial charge in [0.2, 0.25) is 12.7 Å². The molecule has 0 unspecified atom stereocenters. The van der Waals surface area contributed by atoms with Crippen molar-refractivity contribution < 1.29 is 23.0 Å². The first-order valence-electron chi connectivity index (χ1n) is 7.23. The standard InChI is InChI=1S/C17H15F2NO3S/c1-20(8-11-2-5-15-16(6-11)23-10-22-15)17(21)9-24-12-3-4-13(18)14(19)7-12/h2-7H,8-10H2,1H3. The van der Waals surface area contributed by atoms with Gasteiger partial charge >= 0.3 is 0 Å². The fraction of sp³-hybridized carbons (Fsp3) is 0.235. The molecule has 0 N–H and O–H groups in total. The molecule has 0 aliphatic carbocycles. The lowest BCUT2D eigenvalue weighted by Gasteiger charge is -2.17. The number of halogens is 2. The Hall–Kier alpha value is -2.28. The molecule has 1 aliphatic rings. The van der Waals surface area contributed by atoms with Gasteiger partial charge in [-0.25, -0.2) is 8.78 Å². The van der Waals surface area contributed by atoms with Crippen molar-refractivity contribution >= 4 is 17.7 Å². The van der Waals surface area contributed by atoms with Gasteiger partial charge in [0.25, 0.3) is 0 Å². The molecule has 0 fully saturated rings. The lowest BCUT2D eigenvalue weighted by Crippen LogP contribution is -2.27. The topological polar surface area (TPSA) is 38.8 Å². The molecule has 0 spiro atoms. The Balaban J connectivity index is 1.55. The van der Waals surface area contributed by atoms with Gasteiger partial charge in [-0.05, 0) is 35.9 Å². The molecule has 2 aromatic carbocycles. The first-order valence-corrected chi connectivity index (χ1v) is 8.22. The predicted molar refractivity (Wildman–Crippen MR) is 86.1 cm³/mol. The highest BCUT2D eigenvalue weighted by Crippen LogP contribution is 2.32. The zero-order chi connectivity index (χ0) is 17.1. The summed E-state index contributed by atoms with van der Waals surface area (Å²) in [6.07, 6.45) is 0. The molecule has 126 valence electrons. The van der Waals surface area contributed by atoms with E-state index in [0.29, 0.717) is 22.9 Å². The molecule has 2 aromatic rings. The van der Waals surface area contributed by atoms with E-state index in [0.717, 1.165) is 17.7 Å². The molecule has 1 amide bonds. The highest BCUT2D eigenvalue weighted by Gasteiger charge is 2.15. The number of carbonyl (C=O) groups is 1. The summed E-state index contributed by atoms with van der Waals surface area (Å²) in [4.78, 5) is 14.3. The van der Waals surface area contributed by atoms with Crippen LogP contribution in [0.2, 0.25) is 0 Å². The number of hydrogen-bond acceptors (Lipinski definition) is 4. The minimum absolute atomic E-state index is 0.109. The molecular formula is C17H15F2NO3S. The number of rotatable bonds is 5. The molecule has 0 atom stereocenters.